The number of halogens is 3. The molecular formula is C8H8F3NO. The third kappa shape index (κ3) is 2.11. The molecule has 0 aliphatic heterocycles. The molecular weight excluding hydrogens is 183 g/mol. The van der Waals surface area contributed by atoms with Crippen LogP contribution in [0.3, 0.4) is 0 Å². The molecule has 1 heterocycles. The summed E-state index contributed by atoms with van der Waals surface area (Å²) < 4.78 is 37.4. The summed E-state index contributed by atoms with van der Waals surface area (Å²) in [6, 6.07) is 1.71. The zero-order chi connectivity index (χ0) is 10.1. The van der Waals surface area contributed by atoms with Crippen LogP contribution in [0, 0.1) is 0 Å². The maximum Gasteiger partial charge on any atom is 0.417 e. The maximum atomic E-state index is 12.1. The van der Waals surface area contributed by atoms with E-state index in [1.807, 2.05) is 0 Å². The lowest BCUT2D eigenvalue weighted by molar-refractivity contribution is -0.138. The van der Waals surface area contributed by atoms with Crippen LogP contribution in [0.5, 0.6) is 0 Å². The number of hydrogen-bond donors (Lipinski definition) is 0. The van der Waals surface area contributed by atoms with E-state index < -0.39 is 17.3 Å². The molecule has 1 rings (SSSR count). The highest BCUT2D eigenvalue weighted by Gasteiger charge is 2.30. The summed E-state index contributed by atoms with van der Waals surface area (Å²) >= 11 is 0. The standard InChI is InChI=1S/C8H8F3NO/c1-2-12-5-6(8(9,10)11)3-4-7(12)13/h3-5H,2H2,1H3. The monoisotopic (exact) mass is 191 g/mol. The van der Waals surface area contributed by atoms with Crippen molar-refractivity contribution in [2.75, 3.05) is 0 Å². The molecule has 0 saturated carbocycles. The van der Waals surface area contributed by atoms with Crippen LogP contribution in [-0.2, 0) is 12.7 Å². The number of alkyl halides is 3. The molecule has 0 bridgehead atoms. The Kier molecular flexibility index (Phi) is 2.45. The van der Waals surface area contributed by atoms with Crippen molar-refractivity contribution < 1.29 is 13.2 Å². The van der Waals surface area contributed by atoms with Gasteiger partial charge in [-0.25, -0.2) is 0 Å². The molecule has 0 radical (unpaired) electrons. The molecule has 1 aromatic rings. The van der Waals surface area contributed by atoms with Crippen molar-refractivity contribution in [2.45, 2.75) is 19.6 Å². The molecule has 2 nitrogen and oxygen atoms in total. The van der Waals surface area contributed by atoms with Crippen LogP contribution in [0.25, 0.3) is 0 Å². The van der Waals surface area contributed by atoms with Gasteiger partial charge in [0.1, 0.15) is 0 Å². The Morgan fingerprint density at radius 2 is 2.00 bits per heavy atom. The normalized spacial score (nSPS) is 11.7. The van der Waals surface area contributed by atoms with Crippen molar-refractivity contribution in [3.8, 4) is 0 Å². The van der Waals surface area contributed by atoms with Gasteiger partial charge in [-0.05, 0) is 13.0 Å². The summed E-state index contributed by atoms with van der Waals surface area (Å²) in [5.74, 6) is 0. The van der Waals surface area contributed by atoms with Crippen molar-refractivity contribution in [1.29, 1.82) is 0 Å². The third-order valence-corrected chi connectivity index (χ3v) is 1.65. The van der Waals surface area contributed by atoms with Crippen LogP contribution >= 0.6 is 0 Å². The van der Waals surface area contributed by atoms with E-state index in [2.05, 4.69) is 0 Å². The van der Waals surface area contributed by atoms with Gasteiger partial charge < -0.3 is 4.57 Å². The number of aromatic nitrogens is 1. The summed E-state index contributed by atoms with van der Waals surface area (Å²) in [6.07, 6.45) is -3.56. The molecule has 0 spiro atoms. The van der Waals surface area contributed by atoms with Crippen molar-refractivity contribution in [1.82, 2.24) is 4.57 Å². The average Bonchev–Trinajstić information content (AvgIpc) is 2.03. The number of rotatable bonds is 1. The molecule has 13 heavy (non-hydrogen) atoms. The first-order valence-corrected chi connectivity index (χ1v) is 3.73. The second-order valence-electron chi connectivity index (χ2n) is 2.54. The van der Waals surface area contributed by atoms with Crippen LogP contribution in [0.1, 0.15) is 12.5 Å². The minimum Gasteiger partial charge on any atom is -0.315 e. The Morgan fingerprint density at radius 1 is 1.38 bits per heavy atom. The quantitative estimate of drug-likeness (QED) is 0.664. The minimum atomic E-state index is -4.38. The first-order chi connectivity index (χ1) is 5.95. The van der Waals surface area contributed by atoms with Crippen LogP contribution in [-0.4, -0.2) is 4.57 Å². The highest BCUT2D eigenvalue weighted by Crippen LogP contribution is 2.27. The van der Waals surface area contributed by atoms with Gasteiger partial charge in [0.05, 0.1) is 5.56 Å². The predicted octanol–water partition coefficient (Wildman–Crippen LogP) is 1.89. The van der Waals surface area contributed by atoms with Gasteiger partial charge in [-0.2, -0.15) is 13.2 Å². The second-order valence-corrected chi connectivity index (χ2v) is 2.54. The molecule has 0 aliphatic carbocycles. The number of hydrogen-bond acceptors (Lipinski definition) is 1. The van der Waals surface area contributed by atoms with E-state index in [0.717, 1.165) is 22.9 Å². The Labute approximate surface area is 72.6 Å². The van der Waals surface area contributed by atoms with Gasteiger partial charge in [0.25, 0.3) is 5.56 Å². The first-order valence-electron chi connectivity index (χ1n) is 3.73. The van der Waals surface area contributed by atoms with Gasteiger partial charge in [-0.3, -0.25) is 4.79 Å². The van der Waals surface area contributed by atoms with E-state index in [4.69, 9.17) is 0 Å². The van der Waals surface area contributed by atoms with Gasteiger partial charge in [0, 0.05) is 18.8 Å². The van der Waals surface area contributed by atoms with Gasteiger partial charge in [0.15, 0.2) is 0 Å². The van der Waals surface area contributed by atoms with E-state index in [-0.39, 0.29) is 6.54 Å². The number of pyridine rings is 1. The van der Waals surface area contributed by atoms with Crippen molar-refractivity contribution in [3.05, 3.63) is 34.2 Å². The topological polar surface area (TPSA) is 22.0 Å². The molecule has 1 aromatic heterocycles. The summed E-state index contributed by atoms with van der Waals surface area (Å²) in [4.78, 5) is 10.9. The van der Waals surface area contributed by atoms with Gasteiger partial charge in [-0.1, -0.05) is 0 Å². The van der Waals surface area contributed by atoms with Crippen LogP contribution in [0.4, 0.5) is 13.2 Å². The summed E-state index contributed by atoms with van der Waals surface area (Å²) in [7, 11) is 0. The summed E-state index contributed by atoms with van der Waals surface area (Å²) in [5.41, 5.74) is -1.22. The fourth-order valence-electron chi connectivity index (χ4n) is 0.946. The molecule has 0 aliphatic rings. The summed E-state index contributed by atoms with van der Waals surface area (Å²) in [6.45, 7) is 1.85. The molecule has 0 saturated heterocycles. The lowest BCUT2D eigenvalue weighted by Crippen LogP contribution is -2.20. The molecule has 72 valence electrons. The number of aryl methyl sites for hydroxylation is 1. The smallest absolute Gasteiger partial charge is 0.315 e. The fourth-order valence-corrected chi connectivity index (χ4v) is 0.946. The maximum absolute atomic E-state index is 12.1. The lowest BCUT2D eigenvalue weighted by Gasteiger charge is -2.08. The van der Waals surface area contributed by atoms with Crippen LogP contribution in [0.15, 0.2) is 23.1 Å². The molecule has 0 N–H and O–H groups in total. The van der Waals surface area contributed by atoms with Crippen LogP contribution in [0.2, 0.25) is 0 Å². The highest BCUT2D eigenvalue weighted by molar-refractivity contribution is 5.13. The Balaban J connectivity index is 3.22. The van der Waals surface area contributed by atoms with E-state index in [0.29, 0.717) is 0 Å². The Bertz CT molecular complexity index is 353. The van der Waals surface area contributed by atoms with Crippen molar-refractivity contribution >= 4 is 0 Å². The van der Waals surface area contributed by atoms with Crippen molar-refractivity contribution in [2.24, 2.45) is 0 Å². The molecule has 0 amide bonds. The van der Waals surface area contributed by atoms with Crippen LogP contribution < -0.4 is 5.56 Å². The van der Waals surface area contributed by atoms with Crippen molar-refractivity contribution in [3.63, 3.8) is 0 Å². The minimum absolute atomic E-state index is 0.239. The third-order valence-electron chi connectivity index (χ3n) is 1.65. The predicted molar refractivity (Wildman–Crippen MR) is 41.4 cm³/mol. The molecule has 0 aromatic carbocycles. The van der Waals surface area contributed by atoms with E-state index >= 15 is 0 Å². The molecule has 0 unspecified atom stereocenters. The summed E-state index contributed by atoms with van der Waals surface area (Å²) in [5, 5.41) is 0. The van der Waals surface area contributed by atoms with Gasteiger partial charge in [0.2, 0.25) is 0 Å². The Morgan fingerprint density at radius 3 is 2.46 bits per heavy atom. The first kappa shape index (κ1) is 9.83. The van der Waals surface area contributed by atoms with E-state index in [1.165, 1.54) is 0 Å². The largest absolute Gasteiger partial charge is 0.417 e. The SMILES string of the molecule is CCn1cc(C(F)(F)F)ccc1=O. The zero-order valence-electron chi connectivity index (χ0n) is 6.93. The molecule has 0 fully saturated rings. The number of nitrogens with zero attached hydrogens (tertiary/aromatic N) is 1. The highest BCUT2D eigenvalue weighted by atomic mass is 19.4. The zero-order valence-corrected chi connectivity index (χ0v) is 6.93. The average molecular weight is 191 g/mol. The fraction of sp³-hybridized carbons (Fsp3) is 0.375. The Hall–Kier alpha value is -1.26. The second kappa shape index (κ2) is 3.24. The van der Waals surface area contributed by atoms with E-state index in [1.54, 1.807) is 6.92 Å². The molecule has 0 atom stereocenters. The van der Waals surface area contributed by atoms with Gasteiger partial charge >= 0.3 is 6.18 Å². The lowest BCUT2D eigenvalue weighted by atomic mass is 10.3. The molecule has 5 heteroatoms. The van der Waals surface area contributed by atoms with E-state index in [9.17, 15) is 18.0 Å². The van der Waals surface area contributed by atoms with Gasteiger partial charge in [-0.15, -0.1) is 0 Å².